The summed E-state index contributed by atoms with van der Waals surface area (Å²) in [4.78, 5) is 29.1. The van der Waals surface area contributed by atoms with Gasteiger partial charge in [-0.15, -0.1) is 0 Å². The predicted octanol–water partition coefficient (Wildman–Crippen LogP) is 4.19. The second kappa shape index (κ2) is 9.61. The van der Waals surface area contributed by atoms with Gasteiger partial charge in [0, 0.05) is 36.8 Å². The summed E-state index contributed by atoms with van der Waals surface area (Å²) >= 11 is 0. The lowest BCUT2D eigenvalue weighted by Gasteiger charge is -2.24. The lowest BCUT2D eigenvalue weighted by Crippen LogP contribution is -2.26. The number of rotatable bonds is 7. The molecule has 5 heterocycles. The molecule has 1 fully saturated rings. The van der Waals surface area contributed by atoms with Crippen LogP contribution >= 0.6 is 0 Å². The SMILES string of the molecule is COc1cccc(NC(=O)c2cc(Nc3nc(N4CCCC4c4ccccn4)nc4cccn34)n[nH]2)c1. The number of amides is 1. The van der Waals surface area contributed by atoms with Crippen molar-refractivity contribution in [1.82, 2.24) is 29.5 Å². The van der Waals surface area contributed by atoms with E-state index in [0.29, 0.717) is 34.8 Å². The minimum Gasteiger partial charge on any atom is -0.497 e. The lowest BCUT2D eigenvalue weighted by molar-refractivity contribution is 0.102. The maximum Gasteiger partial charge on any atom is 0.273 e. The highest BCUT2D eigenvalue weighted by Crippen LogP contribution is 2.34. The summed E-state index contributed by atoms with van der Waals surface area (Å²) in [6.45, 7) is 0.842. The van der Waals surface area contributed by atoms with Crippen molar-refractivity contribution in [3.8, 4) is 5.75 Å². The molecule has 1 amide bonds. The Bertz CT molecular complexity index is 1550. The first kappa shape index (κ1) is 22.5. The van der Waals surface area contributed by atoms with Crippen LogP contribution in [0.4, 0.5) is 23.4 Å². The first-order valence-electron chi connectivity index (χ1n) is 12.0. The van der Waals surface area contributed by atoms with Crippen LogP contribution in [0.15, 0.2) is 73.1 Å². The Morgan fingerprint density at radius 3 is 2.92 bits per heavy atom. The van der Waals surface area contributed by atoms with E-state index in [0.717, 1.165) is 30.7 Å². The van der Waals surface area contributed by atoms with Gasteiger partial charge in [-0.2, -0.15) is 15.1 Å². The molecule has 1 saturated heterocycles. The number of ether oxygens (including phenoxy) is 1. The zero-order chi connectivity index (χ0) is 25.2. The number of pyridine rings is 1. The van der Waals surface area contributed by atoms with Crippen LogP contribution in [0.1, 0.15) is 35.1 Å². The number of H-pyrrole nitrogens is 1. The summed E-state index contributed by atoms with van der Waals surface area (Å²) in [5, 5.41) is 13.1. The number of aromatic amines is 1. The fourth-order valence-corrected chi connectivity index (χ4v) is 4.54. The van der Waals surface area contributed by atoms with Crippen LogP contribution in [0.2, 0.25) is 0 Å². The molecule has 0 aliphatic carbocycles. The number of aromatic nitrogens is 6. The molecular formula is C26H25N9O2. The highest BCUT2D eigenvalue weighted by Gasteiger charge is 2.30. The van der Waals surface area contributed by atoms with E-state index in [2.05, 4.69) is 30.7 Å². The van der Waals surface area contributed by atoms with E-state index in [4.69, 9.17) is 14.7 Å². The van der Waals surface area contributed by atoms with E-state index in [-0.39, 0.29) is 11.9 Å². The van der Waals surface area contributed by atoms with Gasteiger partial charge in [-0.3, -0.25) is 19.3 Å². The van der Waals surface area contributed by atoms with Gasteiger partial charge < -0.3 is 20.3 Å². The van der Waals surface area contributed by atoms with Crippen LogP contribution in [0, 0.1) is 0 Å². The van der Waals surface area contributed by atoms with Gasteiger partial charge in [0.15, 0.2) is 5.82 Å². The quantitative estimate of drug-likeness (QED) is 0.307. The van der Waals surface area contributed by atoms with E-state index < -0.39 is 0 Å². The topological polar surface area (TPSA) is 125 Å². The zero-order valence-electron chi connectivity index (χ0n) is 20.1. The summed E-state index contributed by atoms with van der Waals surface area (Å²) < 4.78 is 7.06. The van der Waals surface area contributed by atoms with E-state index in [1.54, 1.807) is 25.3 Å². The highest BCUT2D eigenvalue weighted by atomic mass is 16.5. The number of carbonyl (C=O) groups is 1. The van der Waals surface area contributed by atoms with Crippen molar-refractivity contribution in [2.75, 3.05) is 29.2 Å². The predicted molar refractivity (Wildman–Crippen MR) is 139 cm³/mol. The van der Waals surface area contributed by atoms with Crippen LogP contribution < -0.4 is 20.3 Å². The maximum atomic E-state index is 12.8. The molecular weight excluding hydrogens is 470 g/mol. The molecule has 186 valence electrons. The highest BCUT2D eigenvalue weighted by molar-refractivity contribution is 6.03. The Balaban J connectivity index is 1.25. The van der Waals surface area contributed by atoms with E-state index in [1.807, 2.05) is 59.3 Å². The number of nitrogens with zero attached hydrogens (tertiary/aromatic N) is 6. The van der Waals surface area contributed by atoms with Crippen molar-refractivity contribution >= 4 is 35.0 Å². The summed E-state index contributed by atoms with van der Waals surface area (Å²) in [6.07, 6.45) is 5.71. The third-order valence-electron chi connectivity index (χ3n) is 6.30. The molecule has 1 aromatic carbocycles. The van der Waals surface area contributed by atoms with Crippen LogP contribution in [-0.2, 0) is 0 Å². The van der Waals surface area contributed by atoms with Crippen molar-refractivity contribution in [2.45, 2.75) is 18.9 Å². The Morgan fingerprint density at radius 1 is 1.11 bits per heavy atom. The summed E-state index contributed by atoms with van der Waals surface area (Å²) in [7, 11) is 1.58. The van der Waals surface area contributed by atoms with Crippen molar-refractivity contribution < 1.29 is 9.53 Å². The van der Waals surface area contributed by atoms with Gasteiger partial charge in [-0.25, -0.2) is 0 Å². The Kier molecular flexibility index (Phi) is 5.85. The minimum atomic E-state index is -0.321. The van der Waals surface area contributed by atoms with Gasteiger partial charge in [0.25, 0.3) is 5.91 Å². The molecule has 5 aromatic rings. The molecule has 37 heavy (non-hydrogen) atoms. The molecule has 3 N–H and O–H groups in total. The van der Waals surface area contributed by atoms with Gasteiger partial charge in [0.2, 0.25) is 11.9 Å². The van der Waals surface area contributed by atoms with Gasteiger partial charge in [-0.05, 0) is 49.2 Å². The molecule has 0 saturated carbocycles. The largest absolute Gasteiger partial charge is 0.497 e. The number of anilines is 4. The fraction of sp³-hybridized carbons (Fsp3) is 0.192. The first-order chi connectivity index (χ1) is 18.2. The van der Waals surface area contributed by atoms with Crippen LogP contribution in [0.25, 0.3) is 5.65 Å². The van der Waals surface area contributed by atoms with E-state index in [9.17, 15) is 4.79 Å². The lowest BCUT2D eigenvalue weighted by atomic mass is 10.1. The summed E-state index contributed by atoms with van der Waals surface area (Å²) in [5.41, 5.74) is 2.69. The molecule has 6 rings (SSSR count). The number of hydrogen-bond acceptors (Lipinski definition) is 8. The van der Waals surface area contributed by atoms with Crippen molar-refractivity contribution in [2.24, 2.45) is 0 Å². The molecule has 11 nitrogen and oxygen atoms in total. The van der Waals surface area contributed by atoms with Gasteiger partial charge in [0.1, 0.15) is 17.1 Å². The molecule has 1 aliphatic rings. The maximum absolute atomic E-state index is 12.8. The van der Waals surface area contributed by atoms with Crippen molar-refractivity contribution in [3.63, 3.8) is 0 Å². The normalized spacial score (nSPS) is 15.2. The van der Waals surface area contributed by atoms with Gasteiger partial charge >= 0.3 is 0 Å². The van der Waals surface area contributed by atoms with Crippen LogP contribution in [-0.4, -0.2) is 49.1 Å². The number of fused-ring (bicyclic) bond motifs is 1. The molecule has 1 atom stereocenters. The minimum absolute atomic E-state index is 0.115. The molecule has 4 aromatic heterocycles. The Morgan fingerprint density at radius 2 is 2.05 bits per heavy atom. The third kappa shape index (κ3) is 4.54. The van der Waals surface area contributed by atoms with Crippen molar-refractivity contribution in [3.05, 3.63) is 84.4 Å². The van der Waals surface area contributed by atoms with Gasteiger partial charge in [0.05, 0.1) is 18.8 Å². The first-order valence-corrected chi connectivity index (χ1v) is 12.0. The molecule has 0 bridgehead atoms. The number of benzene rings is 1. The second-order valence-electron chi connectivity index (χ2n) is 8.67. The smallest absolute Gasteiger partial charge is 0.273 e. The molecule has 11 heteroatoms. The molecule has 1 aliphatic heterocycles. The number of carbonyl (C=O) groups excluding carboxylic acids is 1. The Hall–Kier alpha value is -4.93. The van der Waals surface area contributed by atoms with E-state index >= 15 is 0 Å². The number of nitrogens with one attached hydrogen (secondary N) is 3. The zero-order valence-corrected chi connectivity index (χ0v) is 20.1. The van der Waals surface area contributed by atoms with Gasteiger partial charge in [-0.1, -0.05) is 12.1 Å². The van der Waals surface area contributed by atoms with E-state index in [1.165, 1.54) is 0 Å². The molecule has 1 unspecified atom stereocenters. The number of methoxy groups -OCH3 is 1. The average Bonchev–Trinajstić information content (AvgIpc) is 3.70. The fourth-order valence-electron chi connectivity index (χ4n) is 4.54. The Labute approximate surface area is 212 Å². The number of hydrogen-bond donors (Lipinski definition) is 3. The van der Waals surface area contributed by atoms with Crippen LogP contribution in [0.3, 0.4) is 0 Å². The standard InChI is InChI=1S/C26H25N9O2/c1-37-18-8-4-7-17(15-18)28-24(36)20-16-22(33-32-20)29-25-31-26(30-23-11-6-14-35(23)25)34-13-5-10-21(34)19-9-2-3-12-27-19/h2-4,6-9,11-12,14-16,21H,5,10,13H2,1H3,(H,28,36)(H2,29,30,31,32,33). The average molecular weight is 496 g/mol. The second-order valence-corrected chi connectivity index (χ2v) is 8.67. The van der Waals surface area contributed by atoms with Crippen LogP contribution in [0.5, 0.6) is 5.75 Å². The summed E-state index contributed by atoms with van der Waals surface area (Å²) in [5.74, 6) is 1.95. The summed E-state index contributed by atoms with van der Waals surface area (Å²) in [6, 6.07) is 18.7. The third-order valence-corrected chi connectivity index (χ3v) is 6.30. The monoisotopic (exact) mass is 495 g/mol. The molecule has 0 radical (unpaired) electrons. The molecule has 0 spiro atoms. The van der Waals surface area contributed by atoms with Crippen molar-refractivity contribution in [1.29, 1.82) is 0 Å².